The monoisotopic (exact) mass is 512 g/mol. The van der Waals surface area contributed by atoms with Gasteiger partial charge in [0.2, 0.25) is 0 Å². The van der Waals surface area contributed by atoms with Crippen molar-refractivity contribution in [2.75, 3.05) is 6.61 Å². The smallest absolute Gasteiger partial charge is 0.255 e. The minimum absolute atomic E-state index is 0.00865. The van der Waals surface area contributed by atoms with Gasteiger partial charge in [0.1, 0.15) is 18.1 Å². The number of nitrogens with one attached hydrogen (secondary N) is 1. The van der Waals surface area contributed by atoms with E-state index >= 15 is 0 Å². The molecule has 2 fully saturated rings. The van der Waals surface area contributed by atoms with Crippen LogP contribution in [0.4, 0.5) is 0 Å². The first-order valence-electron chi connectivity index (χ1n) is 11.9. The molecule has 0 atom stereocenters. The number of hydrogen-bond acceptors (Lipinski definition) is 6. The molecule has 2 aliphatic rings. The first kappa shape index (κ1) is 24.4. The molecule has 0 radical (unpaired) electrons. The Bertz CT molecular complexity index is 1320. The molecule has 1 aromatic carbocycles. The summed E-state index contributed by atoms with van der Waals surface area (Å²) in [5, 5.41) is 17.7. The van der Waals surface area contributed by atoms with Crippen LogP contribution in [0.5, 0.6) is 11.5 Å². The van der Waals surface area contributed by atoms with Gasteiger partial charge < -0.3 is 25.6 Å². The maximum Gasteiger partial charge on any atom is 0.255 e. The van der Waals surface area contributed by atoms with E-state index in [1.807, 2.05) is 0 Å². The topological polar surface area (TPSA) is 128 Å². The van der Waals surface area contributed by atoms with Crippen molar-refractivity contribution in [1.82, 2.24) is 14.9 Å². The number of aliphatic hydroxyl groups is 1. The van der Waals surface area contributed by atoms with Crippen molar-refractivity contribution in [3.63, 3.8) is 0 Å². The second kappa shape index (κ2) is 8.97. The summed E-state index contributed by atoms with van der Waals surface area (Å²) in [5.74, 6) is 0.267. The van der Waals surface area contributed by atoms with Crippen molar-refractivity contribution in [2.45, 2.75) is 57.3 Å². The highest BCUT2D eigenvalue weighted by molar-refractivity contribution is 6.30. The van der Waals surface area contributed by atoms with E-state index < -0.39 is 11.5 Å². The van der Waals surface area contributed by atoms with Crippen LogP contribution in [0, 0.1) is 5.41 Å². The highest BCUT2D eigenvalue weighted by Crippen LogP contribution is 2.57. The zero-order chi connectivity index (χ0) is 25.7. The number of primary amides is 1. The number of nitrogens with two attached hydrogens (primary N) is 1. The van der Waals surface area contributed by atoms with E-state index in [-0.39, 0.29) is 30.1 Å². The van der Waals surface area contributed by atoms with Crippen molar-refractivity contribution < 1.29 is 24.2 Å². The van der Waals surface area contributed by atoms with Gasteiger partial charge in [-0.05, 0) is 75.3 Å². The lowest BCUT2D eigenvalue weighted by Crippen LogP contribution is -2.58. The molecule has 2 aliphatic carbocycles. The third kappa shape index (κ3) is 4.99. The molecule has 2 heterocycles. The molecular weight excluding hydrogens is 484 g/mol. The maximum atomic E-state index is 12.9. The summed E-state index contributed by atoms with van der Waals surface area (Å²) in [6.07, 6.45) is 6.70. The Balaban J connectivity index is 1.13. The molecule has 9 nitrogen and oxygen atoms in total. The lowest BCUT2D eigenvalue weighted by atomic mass is 9.53. The summed E-state index contributed by atoms with van der Waals surface area (Å²) in [7, 11) is 0. The van der Waals surface area contributed by atoms with E-state index in [0.29, 0.717) is 33.2 Å². The average Bonchev–Trinajstić information content (AvgIpc) is 3.17. The summed E-state index contributed by atoms with van der Waals surface area (Å²) in [4.78, 5) is 24.6. The number of rotatable bonds is 8. The average molecular weight is 513 g/mol. The fourth-order valence-electron chi connectivity index (χ4n) is 5.14. The van der Waals surface area contributed by atoms with Crippen molar-refractivity contribution in [1.29, 1.82) is 0 Å². The standard InChI is InChI=1S/C26H29ClN4O5/c1-25(2,34)14-35-17-4-6-21-20(12-29-31(21)13-17)24(33)30-16-8-26(9-16)10-18(11-26)36-22-7-15(27)3-5-19(22)23(28)32/h3-7,12-13,16,18,34H,8-11,14H2,1-2H3,(H2,28,32)(H,30,33). The van der Waals surface area contributed by atoms with Crippen molar-refractivity contribution >= 4 is 28.9 Å². The zero-order valence-electron chi connectivity index (χ0n) is 20.2. The van der Waals surface area contributed by atoms with Gasteiger partial charge in [0.15, 0.2) is 0 Å². The molecule has 3 aromatic rings. The van der Waals surface area contributed by atoms with Crippen LogP contribution in [-0.4, -0.2) is 50.9 Å². The Morgan fingerprint density at radius 3 is 2.67 bits per heavy atom. The number of benzene rings is 1. The number of ether oxygens (including phenoxy) is 2. The molecule has 10 heteroatoms. The minimum Gasteiger partial charge on any atom is -0.490 e. The van der Waals surface area contributed by atoms with Crippen molar-refractivity contribution in [2.24, 2.45) is 11.1 Å². The fraction of sp³-hybridized carbons (Fsp3) is 0.423. The highest BCUT2D eigenvalue weighted by atomic mass is 35.5. The van der Waals surface area contributed by atoms with E-state index in [1.165, 1.54) is 0 Å². The van der Waals surface area contributed by atoms with Crippen molar-refractivity contribution in [3.05, 3.63) is 58.9 Å². The van der Waals surface area contributed by atoms with Crippen LogP contribution in [0.2, 0.25) is 5.02 Å². The van der Waals surface area contributed by atoms with Crippen LogP contribution < -0.4 is 20.5 Å². The third-order valence-corrected chi connectivity index (χ3v) is 7.08. The van der Waals surface area contributed by atoms with Gasteiger partial charge in [0.05, 0.1) is 40.7 Å². The van der Waals surface area contributed by atoms with Crippen LogP contribution in [0.25, 0.3) is 5.52 Å². The van der Waals surface area contributed by atoms with Crippen molar-refractivity contribution in [3.8, 4) is 11.5 Å². The number of aromatic nitrogens is 2. The molecule has 36 heavy (non-hydrogen) atoms. The van der Waals surface area contributed by atoms with E-state index in [4.69, 9.17) is 26.8 Å². The third-order valence-electron chi connectivity index (χ3n) is 6.84. The van der Waals surface area contributed by atoms with Gasteiger partial charge in [-0.25, -0.2) is 4.52 Å². The number of nitrogens with zero attached hydrogens (tertiary/aromatic N) is 2. The molecule has 5 rings (SSSR count). The summed E-state index contributed by atoms with van der Waals surface area (Å²) in [6, 6.07) is 8.45. The van der Waals surface area contributed by atoms with Gasteiger partial charge in [0.25, 0.3) is 11.8 Å². The minimum atomic E-state index is -0.946. The number of pyridine rings is 1. The second-order valence-electron chi connectivity index (χ2n) is 10.6. The van der Waals surface area contributed by atoms with E-state index in [1.54, 1.807) is 61.1 Å². The summed E-state index contributed by atoms with van der Waals surface area (Å²) in [5.41, 5.74) is 6.16. The Kier molecular flexibility index (Phi) is 6.08. The molecule has 0 saturated heterocycles. The normalized spacial score (nSPS) is 23.1. The predicted octanol–water partition coefficient (Wildman–Crippen LogP) is 3.36. The molecule has 2 aromatic heterocycles. The molecular formula is C26H29ClN4O5. The Labute approximate surface area is 213 Å². The molecule has 0 aliphatic heterocycles. The lowest BCUT2D eigenvalue weighted by Gasteiger charge is -2.57. The number of hydrogen-bond donors (Lipinski definition) is 3. The van der Waals surface area contributed by atoms with Gasteiger partial charge in [0, 0.05) is 11.1 Å². The van der Waals surface area contributed by atoms with Gasteiger partial charge in [-0.3, -0.25) is 9.59 Å². The van der Waals surface area contributed by atoms with Crippen LogP contribution in [0.3, 0.4) is 0 Å². The second-order valence-corrected chi connectivity index (χ2v) is 11.0. The Morgan fingerprint density at radius 2 is 1.97 bits per heavy atom. The maximum absolute atomic E-state index is 12.9. The van der Waals surface area contributed by atoms with E-state index in [9.17, 15) is 14.7 Å². The van der Waals surface area contributed by atoms with Gasteiger partial charge in [-0.2, -0.15) is 5.10 Å². The number of halogens is 1. The summed E-state index contributed by atoms with van der Waals surface area (Å²) < 4.78 is 13.2. The van der Waals surface area contributed by atoms with E-state index in [0.717, 1.165) is 25.7 Å². The highest BCUT2D eigenvalue weighted by Gasteiger charge is 2.54. The first-order valence-corrected chi connectivity index (χ1v) is 12.3. The Hall–Kier alpha value is -3.30. The van der Waals surface area contributed by atoms with Crippen LogP contribution >= 0.6 is 11.6 Å². The first-order chi connectivity index (χ1) is 17.0. The van der Waals surface area contributed by atoms with Crippen LogP contribution in [0.1, 0.15) is 60.2 Å². The molecule has 1 spiro atoms. The van der Waals surface area contributed by atoms with Crippen LogP contribution in [0.15, 0.2) is 42.7 Å². The van der Waals surface area contributed by atoms with E-state index in [2.05, 4.69) is 10.4 Å². The molecule has 0 unspecified atom stereocenters. The van der Waals surface area contributed by atoms with Crippen LogP contribution in [-0.2, 0) is 0 Å². The summed E-state index contributed by atoms with van der Waals surface area (Å²) >= 11 is 6.05. The number of carbonyl (C=O) groups is 2. The molecule has 4 N–H and O–H groups in total. The van der Waals surface area contributed by atoms with Gasteiger partial charge >= 0.3 is 0 Å². The fourth-order valence-corrected chi connectivity index (χ4v) is 5.30. The SMILES string of the molecule is CC(C)(O)COc1ccc2c(C(=O)NC3CC4(C3)CC(Oc3cc(Cl)ccc3C(N)=O)C4)cnn2c1. The number of carbonyl (C=O) groups excluding carboxylic acids is 2. The summed E-state index contributed by atoms with van der Waals surface area (Å²) in [6.45, 7) is 3.48. The van der Waals surface area contributed by atoms with Gasteiger partial charge in [-0.1, -0.05) is 11.6 Å². The quantitative estimate of drug-likeness (QED) is 0.424. The largest absolute Gasteiger partial charge is 0.490 e. The molecule has 2 saturated carbocycles. The lowest BCUT2D eigenvalue weighted by molar-refractivity contribution is -0.0834. The molecule has 2 amide bonds. The molecule has 0 bridgehead atoms. The Morgan fingerprint density at radius 1 is 1.22 bits per heavy atom. The number of fused-ring (bicyclic) bond motifs is 1. The number of amides is 2. The van der Waals surface area contributed by atoms with Gasteiger partial charge in [-0.15, -0.1) is 0 Å². The zero-order valence-corrected chi connectivity index (χ0v) is 20.9. The predicted molar refractivity (Wildman–Crippen MR) is 134 cm³/mol. The molecule has 190 valence electrons.